The van der Waals surface area contributed by atoms with E-state index in [2.05, 4.69) is 5.32 Å². The molecule has 1 N–H and O–H groups in total. The van der Waals surface area contributed by atoms with Gasteiger partial charge in [-0.3, -0.25) is 9.59 Å². The lowest BCUT2D eigenvalue weighted by Crippen LogP contribution is -2.16. The molecule has 0 radical (unpaired) electrons. The molecule has 0 saturated heterocycles. The van der Waals surface area contributed by atoms with E-state index < -0.39 is 17.9 Å². The Morgan fingerprint density at radius 2 is 1.90 bits per heavy atom. The monoisotopic (exact) mass is 429 g/mol. The number of fused-ring (bicyclic) bond motifs is 1. The molecule has 0 aliphatic heterocycles. The topological polar surface area (TPSA) is 90.9 Å². The summed E-state index contributed by atoms with van der Waals surface area (Å²) in [5, 5.41) is 3.13. The van der Waals surface area contributed by atoms with Crippen molar-refractivity contribution in [2.24, 2.45) is 0 Å². The molecule has 1 atom stereocenters. The van der Waals surface area contributed by atoms with Crippen molar-refractivity contribution >= 4 is 40.3 Å². The highest BCUT2D eigenvalue weighted by molar-refractivity contribution is 7.17. The maximum Gasteiger partial charge on any atom is 0.341 e. The van der Waals surface area contributed by atoms with Gasteiger partial charge in [0, 0.05) is 11.0 Å². The quantitative estimate of drug-likeness (QED) is 0.532. The van der Waals surface area contributed by atoms with Crippen molar-refractivity contribution in [2.75, 3.05) is 26.1 Å². The highest BCUT2D eigenvalue weighted by Gasteiger charge is 2.38. The molecule has 1 aliphatic carbocycles. The van der Waals surface area contributed by atoms with Crippen molar-refractivity contribution in [3.63, 3.8) is 0 Å². The number of ether oxygens (including phenoxy) is 3. The first-order valence-electron chi connectivity index (χ1n) is 9.52. The molecule has 0 fully saturated rings. The Balaban J connectivity index is 1.80. The lowest BCUT2D eigenvalue weighted by Gasteiger charge is -2.11. The molecule has 1 aromatic heterocycles. The second-order valence-electron chi connectivity index (χ2n) is 6.57. The van der Waals surface area contributed by atoms with Crippen molar-refractivity contribution in [3.05, 3.63) is 51.9 Å². The van der Waals surface area contributed by atoms with Crippen LogP contribution in [0.4, 0.5) is 5.00 Å². The normalized spacial score (nSPS) is 15.0. The van der Waals surface area contributed by atoms with Gasteiger partial charge in [-0.2, -0.15) is 0 Å². The first kappa shape index (κ1) is 21.6. The third-order valence-electron chi connectivity index (χ3n) is 4.76. The van der Waals surface area contributed by atoms with Crippen LogP contribution in [-0.2, 0) is 25.5 Å². The number of hydrogen-bond acceptors (Lipinski definition) is 7. The van der Waals surface area contributed by atoms with Crippen molar-refractivity contribution < 1.29 is 28.6 Å². The Bertz CT molecular complexity index is 976. The number of rotatable bonds is 7. The van der Waals surface area contributed by atoms with Crippen molar-refractivity contribution in [2.45, 2.75) is 25.7 Å². The minimum Gasteiger partial charge on any atom is -0.494 e. The van der Waals surface area contributed by atoms with Gasteiger partial charge in [-0.15, -0.1) is 11.3 Å². The van der Waals surface area contributed by atoms with Gasteiger partial charge in [0.05, 0.1) is 32.3 Å². The predicted molar refractivity (Wildman–Crippen MR) is 114 cm³/mol. The number of carbonyl (C=O) groups excluding carboxylic acids is 3. The van der Waals surface area contributed by atoms with Gasteiger partial charge in [0.15, 0.2) is 0 Å². The fourth-order valence-corrected chi connectivity index (χ4v) is 4.67. The Hall–Kier alpha value is -3.13. The zero-order valence-electron chi connectivity index (χ0n) is 17.0. The maximum absolute atomic E-state index is 12.5. The van der Waals surface area contributed by atoms with Gasteiger partial charge in [0.25, 0.3) is 0 Å². The van der Waals surface area contributed by atoms with Gasteiger partial charge in [-0.05, 0) is 49.1 Å². The summed E-state index contributed by atoms with van der Waals surface area (Å²) in [5.41, 5.74) is 1.67. The smallest absolute Gasteiger partial charge is 0.341 e. The first-order valence-corrected chi connectivity index (χ1v) is 10.3. The summed E-state index contributed by atoms with van der Waals surface area (Å²) in [6, 6.07) is 7.34. The van der Waals surface area contributed by atoms with Crippen molar-refractivity contribution in [1.29, 1.82) is 0 Å². The number of methoxy groups -OCH3 is 2. The van der Waals surface area contributed by atoms with Crippen LogP contribution in [0.2, 0.25) is 0 Å². The average Bonchev–Trinajstić information content (AvgIpc) is 3.31. The lowest BCUT2D eigenvalue weighted by molar-refractivity contribution is -0.142. The number of aryl methyl sites for hydroxylation is 1. The Morgan fingerprint density at radius 1 is 1.17 bits per heavy atom. The number of benzene rings is 1. The molecule has 0 saturated carbocycles. The van der Waals surface area contributed by atoms with Crippen LogP contribution in [0.3, 0.4) is 0 Å². The molecule has 1 unspecified atom stereocenters. The van der Waals surface area contributed by atoms with Gasteiger partial charge in [-0.25, -0.2) is 4.79 Å². The van der Waals surface area contributed by atoms with E-state index in [1.165, 1.54) is 31.6 Å². The molecular weight excluding hydrogens is 406 g/mol. The number of amides is 1. The molecule has 158 valence electrons. The zero-order valence-corrected chi connectivity index (χ0v) is 17.8. The van der Waals surface area contributed by atoms with Crippen LogP contribution in [-0.4, -0.2) is 38.7 Å². The summed E-state index contributed by atoms with van der Waals surface area (Å²) in [6.07, 6.45) is 4.27. The first-order chi connectivity index (χ1) is 14.5. The summed E-state index contributed by atoms with van der Waals surface area (Å²) in [5.74, 6) is -1.14. The van der Waals surface area contributed by atoms with Crippen molar-refractivity contribution in [3.8, 4) is 5.75 Å². The van der Waals surface area contributed by atoms with E-state index in [0.717, 1.165) is 16.2 Å². The number of carbonyl (C=O) groups is 3. The number of anilines is 1. The number of nitrogens with one attached hydrogen (secondary N) is 1. The number of esters is 2. The van der Waals surface area contributed by atoms with E-state index >= 15 is 0 Å². The van der Waals surface area contributed by atoms with Crippen LogP contribution in [0.5, 0.6) is 5.75 Å². The summed E-state index contributed by atoms with van der Waals surface area (Å²) in [7, 11) is 2.59. The van der Waals surface area contributed by atoms with E-state index in [1.807, 2.05) is 31.2 Å². The zero-order chi connectivity index (χ0) is 21.7. The summed E-state index contributed by atoms with van der Waals surface area (Å²) >= 11 is 1.29. The van der Waals surface area contributed by atoms with E-state index in [0.29, 0.717) is 30.0 Å². The van der Waals surface area contributed by atoms with E-state index in [9.17, 15) is 14.4 Å². The van der Waals surface area contributed by atoms with Gasteiger partial charge in [-0.1, -0.05) is 12.1 Å². The molecule has 0 bridgehead atoms. The van der Waals surface area contributed by atoms with E-state index in [1.54, 1.807) is 6.08 Å². The third-order valence-corrected chi connectivity index (χ3v) is 5.94. The fourth-order valence-electron chi connectivity index (χ4n) is 3.40. The summed E-state index contributed by atoms with van der Waals surface area (Å²) in [6.45, 7) is 2.50. The van der Waals surface area contributed by atoms with Gasteiger partial charge in [0.1, 0.15) is 10.8 Å². The molecule has 1 aliphatic rings. The average molecular weight is 429 g/mol. The summed E-state index contributed by atoms with van der Waals surface area (Å²) < 4.78 is 15.2. The van der Waals surface area contributed by atoms with E-state index in [-0.39, 0.29) is 11.5 Å². The fraction of sp³-hybridized carbons (Fsp3) is 0.318. The molecule has 30 heavy (non-hydrogen) atoms. The Kier molecular flexibility index (Phi) is 6.89. The second-order valence-corrected chi connectivity index (χ2v) is 7.68. The van der Waals surface area contributed by atoms with Crippen LogP contribution >= 0.6 is 11.3 Å². The Morgan fingerprint density at radius 3 is 2.53 bits per heavy atom. The third kappa shape index (κ3) is 4.54. The lowest BCUT2D eigenvalue weighted by atomic mass is 9.99. The minimum absolute atomic E-state index is 0.230. The maximum atomic E-state index is 12.5. The van der Waals surface area contributed by atoms with Crippen LogP contribution in [0.25, 0.3) is 6.08 Å². The molecule has 0 spiro atoms. The minimum atomic E-state index is -0.589. The van der Waals surface area contributed by atoms with Crippen molar-refractivity contribution in [1.82, 2.24) is 0 Å². The molecule has 8 heteroatoms. The molecule has 3 rings (SSSR count). The molecule has 2 aromatic rings. The van der Waals surface area contributed by atoms with Gasteiger partial charge < -0.3 is 19.5 Å². The van der Waals surface area contributed by atoms with Gasteiger partial charge >= 0.3 is 11.9 Å². The highest BCUT2D eigenvalue weighted by Crippen LogP contribution is 2.45. The van der Waals surface area contributed by atoms with Crippen LogP contribution in [0.15, 0.2) is 30.3 Å². The summed E-state index contributed by atoms with van der Waals surface area (Å²) in [4.78, 5) is 37.9. The highest BCUT2D eigenvalue weighted by atomic mass is 32.1. The Labute approximate surface area is 178 Å². The molecule has 7 nitrogen and oxygen atoms in total. The SMILES string of the molecule is CCOc1ccc(/C=C/C(=O)Nc2sc3c(c2C(=O)OC)C(C(=O)OC)CC3)cc1. The van der Waals surface area contributed by atoms with Crippen LogP contribution in [0.1, 0.15) is 45.6 Å². The molecule has 1 amide bonds. The van der Waals surface area contributed by atoms with Gasteiger partial charge in [0.2, 0.25) is 5.91 Å². The molecule has 1 aromatic carbocycles. The van der Waals surface area contributed by atoms with Crippen LogP contribution < -0.4 is 10.1 Å². The largest absolute Gasteiger partial charge is 0.494 e. The second kappa shape index (κ2) is 9.58. The predicted octanol–water partition coefficient (Wildman–Crippen LogP) is 3.79. The molecular formula is C22H23NO6S. The number of hydrogen-bond donors (Lipinski definition) is 1. The number of thiophene rings is 1. The van der Waals surface area contributed by atoms with E-state index in [4.69, 9.17) is 14.2 Å². The van der Waals surface area contributed by atoms with Crippen LogP contribution in [0, 0.1) is 0 Å². The standard InChI is InChI=1S/C22H23NO6S/c1-4-29-14-8-5-13(6-9-14)7-12-17(24)23-20-19(22(26)28-3)18-15(21(25)27-2)10-11-16(18)30-20/h5-9,12,15H,4,10-11H2,1-3H3,(H,23,24)/b12-7+. The molecule has 1 heterocycles.